The number of primary sulfonamides is 1. The number of hydrogen-bond acceptors (Lipinski definition) is 4. The van der Waals surface area contributed by atoms with E-state index in [1.54, 1.807) is 17.0 Å². The first-order chi connectivity index (χ1) is 14.6. The quantitative estimate of drug-likeness (QED) is 0.654. The molecule has 2 aromatic rings. The van der Waals surface area contributed by atoms with Gasteiger partial charge in [-0.05, 0) is 59.6 Å². The molecule has 0 aromatic heterocycles. The minimum Gasteiger partial charge on any atom is -0.311 e. The molecule has 1 atom stereocenters. The lowest BCUT2D eigenvalue weighted by atomic mass is 9.93. The van der Waals surface area contributed by atoms with Gasteiger partial charge in [0.05, 0.1) is 11.4 Å². The van der Waals surface area contributed by atoms with Crippen molar-refractivity contribution < 1.29 is 13.2 Å². The maximum absolute atomic E-state index is 12.9. The van der Waals surface area contributed by atoms with Gasteiger partial charge in [-0.2, -0.15) is 0 Å². The molecule has 31 heavy (non-hydrogen) atoms. The van der Waals surface area contributed by atoms with Crippen LogP contribution in [0.4, 0.5) is 5.69 Å². The van der Waals surface area contributed by atoms with E-state index in [-0.39, 0.29) is 23.4 Å². The molecule has 1 heterocycles. The first kappa shape index (κ1) is 23.4. The Morgan fingerprint density at radius 1 is 1.10 bits per heavy atom. The summed E-state index contributed by atoms with van der Waals surface area (Å²) in [5, 5.41) is 8.66. The van der Waals surface area contributed by atoms with Gasteiger partial charge in [0.25, 0.3) is 0 Å². The van der Waals surface area contributed by atoms with Crippen molar-refractivity contribution in [1.82, 2.24) is 5.32 Å². The molecule has 7 heteroatoms. The van der Waals surface area contributed by atoms with E-state index in [0.29, 0.717) is 24.8 Å². The fourth-order valence-corrected chi connectivity index (χ4v) is 4.74. The van der Waals surface area contributed by atoms with Gasteiger partial charge < -0.3 is 10.2 Å². The van der Waals surface area contributed by atoms with Crippen LogP contribution in [0.25, 0.3) is 0 Å². The normalized spacial score (nSPS) is 14.9. The molecule has 0 fully saturated rings. The van der Waals surface area contributed by atoms with Crippen LogP contribution in [0.1, 0.15) is 50.4 Å². The third-order valence-electron chi connectivity index (χ3n) is 5.70. The van der Waals surface area contributed by atoms with Gasteiger partial charge in [-0.1, -0.05) is 52.0 Å². The summed E-state index contributed by atoms with van der Waals surface area (Å²) in [7, 11) is -3.75. The van der Waals surface area contributed by atoms with Crippen molar-refractivity contribution in [3.63, 3.8) is 0 Å². The molecule has 0 saturated heterocycles. The average Bonchev–Trinajstić information content (AvgIpc) is 3.11. The topological polar surface area (TPSA) is 92.5 Å². The van der Waals surface area contributed by atoms with Gasteiger partial charge in [-0.25, -0.2) is 13.6 Å². The highest BCUT2D eigenvalue weighted by Gasteiger charge is 2.27. The summed E-state index contributed by atoms with van der Waals surface area (Å²) in [6.45, 7) is 9.47. The molecule has 168 valence electrons. The summed E-state index contributed by atoms with van der Waals surface area (Å²) < 4.78 is 23.2. The second-order valence-electron chi connectivity index (χ2n) is 9.07. The van der Waals surface area contributed by atoms with Crippen LogP contribution in [-0.2, 0) is 27.7 Å². The summed E-state index contributed by atoms with van der Waals surface area (Å²) in [4.78, 5) is 14.7. The zero-order chi connectivity index (χ0) is 22.8. The summed E-state index contributed by atoms with van der Waals surface area (Å²) in [5.74, 6) is 0.919. The Morgan fingerprint density at radius 3 is 2.35 bits per heavy atom. The Labute approximate surface area is 185 Å². The molecule has 3 rings (SSSR count). The number of amides is 1. The van der Waals surface area contributed by atoms with Crippen molar-refractivity contribution in [2.24, 2.45) is 17.0 Å². The lowest BCUT2D eigenvalue weighted by molar-refractivity contribution is -0.117. The minimum absolute atomic E-state index is 0.0239. The van der Waals surface area contributed by atoms with Gasteiger partial charge in [0, 0.05) is 18.3 Å². The smallest absolute Gasteiger partial charge is 0.240 e. The fraction of sp³-hybridized carbons (Fsp3) is 0.458. The molecular weight excluding hydrogens is 410 g/mol. The van der Waals surface area contributed by atoms with Crippen LogP contribution in [-0.4, -0.2) is 27.4 Å². The average molecular weight is 444 g/mol. The Kier molecular flexibility index (Phi) is 7.19. The number of nitrogens with two attached hydrogens (primary N) is 1. The van der Waals surface area contributed by atoms with Crippen LogP contribution in [0.5, 0.6) is 0 Å². The van der Waals surface area contributed by atoms with Crippen molar-refractivity contribution in [3.8, 4) is 0 Å². The highest BCUT2D eigenvalue weighted by atomic mass is 32.2. The third-order valence-corrected chi connectivity index (χ3v) is 6.61. The van der Waals surface area contributed by atoms with Gasteiger partial charge in [-0.3, -0.25) is 4.79 Å². The molecule has 1 aliphatic heterocycles. The van der Waals surface area contributed by atoms with Gasteiger partial charge in [0.15, 0.2) is 0 Å². The molecular formula is C24H33N3O3S. The zero-order valence-electron chi connectivity index (χ0n) is 18.8. The Balaban J connectivity index is 1.68. The third kappa shape index (κ3) is 5.73. The number of hydrogen-bond donors (Lipinski definition) is 2. The molecule has 0 aliphatic carbocycles. The number of anilines is 1. The van der Waals surface area contributed by atoms with E-state index in [4.69, 9.17) is 5.14 Å². The van der Waals surface area contributed by atoms with E-state index in [0.717, 1.165) is 17.7 Å². The number of rotatable bonds is 8. The van der Waals surface area contributed by atoms with Crippen LogP contribution >= 0.6 is 0 Å². The predicted molar refractivity (Wildman–Crippen MR) is 124 cm³/mol. The van der Waals surface area contributed by atoms with E-state index < -0.39 is 10.0 Å². The van der Waals surface area contributed by atoms with Crippen LogP contribution < -0.4 is 15.4 Å². The molecule has 0 radical (unpaired) electrons. The number of carbonyl (C=O) groups excluding carboxylic acids is 1. The van der Waals surface area contributed by atoms with E-state index in [9.17, 15) is 13.2 Å². The second kappa shape index (κ2) is 9.51. The van der Waals surface area contributed by atoms with Crippen LogP contribution in [0.2, 0.25) is 0 Å². The molecule has 1 aliphatic rings. The Bertz CT molecular complexity index is 1030. The number of carbonyl (C=O) groups is 1. The molecule has 1 amide bonds. The van der Waals surface area contributed by atoms with E-state index in [1.165, 1.54) is 17.2 Å². The summed E-state index contributed by atoms with van der Waals surface area (Å²) in [5.41, 5.74) is 4.10. The number of sulfonamides is 1. The molecule has 2 aromatic carbocycles. The van der Waals surface area contributed by atoms with Gasteiger partial charge in [-0.15, -0.1) is 0 Å². The van der Waals surface area contributed by atoms with Crippen LogP contribution in [0.15, 0.2) is 47.4 Å². The first-order valence-corrected chi connectivity index (χ1v) is 12.4. The van der Waals surface area contributed by atoms with Crippen molar-refractivity contribution >= 4 is 21.6 Å². The van der Waals surface area contributed by atoms with Crippen LogP contribution in [0, 0.1) is 11.8 Å². The first-order valence-electron chi connectivity index (χ1n) is 10.8. The van der Waals surface area contributed by atoms with Crippen LogP contribution in [0.3, 0.4) is 0 Å². The Morgan fingerprint density at radius 2 is 1.77 bits per heavy atom. The number of nitrogens with one attached hydrogen (secondary N) is 1. The standard InChI is InChI=1S/C24H33N3O3S/c1-16(2)13-18-5-7-19(8-6-18)24(17(3)4)26-15-23(28)27-12-11-20-14-21(31(25,29)30)9-10-22(20)27/h5-10,14,16-17,24,26H,11-13,15H2,1-4H3,(H2,25,29,30). The molecule has 0 saturated carbocycles. The lowest BCUT2D eigenvalue weighted by Crippen LogP contribution is -2.39. The molecule has 0 spiro atoms. The molecule has 1 unspecified atom stereocenters. The minimum atomic E-state index is -3.75. The second-order valence-corrected chi connectivity index (χ2v) is 10.6. The van der Waals surface area contributed by atoms with Gasteiger partial charge in [0.2, 0.25) is 15.9 Å². The molecule has 6 nitrogen and oxygen atoms in total. The van der Waals surface area contributed by atoms with Gasteiger partial charge >= 0.3 is 0 Å². The van der Waals surface area contributed by atoms with Crippen molar-refractivity contribution in [2.45, 2.75) is 51.5 Å². The van der Waals surface area contributed by atoms with E-state index in [1.807, 2.05) is 0 Å². The SMILES string of the molecule is CC(C)Cc1ccc(C(NCC(=O)N2CCc3cc(S(N)(=O)=O)ccc32)C(C)C)cc1. The van der Waals surface area contributed by atoms with E-state index >= 15 is 0 Å². The van der Waals surface area contributed by atoms with E-state index in [2.05, 4.69) is 57.3 Å². The fourth-order valence-electron chi connectivity index (χ4n) is 4.18. The monoisotopic (exact) mass is 443 g/mol. The predicted octanol–water partition coefficient (Wildman–Crippen LogP) is 3.41. The number of benzene rings is 2. The lowest BCUT2D eigenvalue weighted by Gasteiger charge is -2.25. The zero-order valence-corrected chi connectivity index (χ0v) is 19.6. The Hall–Kier alpha value is -2.22. The van der Waals surface area contributed by atoms with Crippen molar-refractivity contribution in [1.29, 1.82) is 0 Å². The molecule has 0 bridgehead atoms. The highest BCUT2D eigenvalue weighted by molar-refractivity contribution is 7.89. The highest BCUT2D eigenvalue weighted by Crippen LogP contribution is 2.30. The largest absolute Gasteiger partial charge is 0.311 e. The molecule has 3 N–H and O–H groups in total. The maximum atomic E-state index is 12.9. The number of nitrogens with zero attached hydrogens (tertiary/aromatic N) is 1. The van der Waals surface area contributed by atoms with Crippen molar-refractivity contribution in [2.75, 3.05) is 18.0 Å². The maximum Gasteiger partial charge on any atom is 0.240 e. The van der Waals surface area contributed by atoms with Gasteiger partial charge in [0.1, 0.15) is 0 Å². The number of fused-ring (bicyclic) bond motifs is 1. The van der Waals surface area contributed by atoms with Crippen molar-refractivity contribution in [3.05, 3.63) is 59.2 Å². The summed E-state index contributed by atoms with van der Waals surface area (Å²) in [6.07, 6.45) is 1.68. The summed E-state index contributed by atoms with van der Waals surface area (Å²) in [6, 6.07) is 13.4. The summed E-state index contributed by atoms with van der Waals surface area (Å²) >= 11 is 0.